The molecule has 4 rings (SSSR count). The van der Waals surface area contributed by atoms with Crippen LogP contribution in [0.1, 0.15) is 35.4 Å². The Hall–Kier alpha value is -3.75. The molecule has 0 spiro atoms. The first-order chi connectivity index (χ1) is 16.6. The topological polar surface area (TPSA) is 65.0 Å². The molecule has 0 heterocycles. The summed E-state index contributed by atoms with van der Waals surface area (Å²) in [5, 5.41) is 9.12. The van der Waals surface area contributed by atoms with Gasteiger partial charge in [0.2, 0.25) is 0 Å². The van der Waals surface area contributed by atoms with Gasteiger partial charge in [-0.2, -0.15) is 0 Å². The van der Waals surface area contributed by atoms with Gasteiger partial charge in [-0.15, -0.1) is 13.2 Å². The first kappa shape index (κ1) is 24.4. The van der Waals surface area contributed by atoms with Crippen molar-refractivity contribution in [3.05, 3.63) is 77.1 Å². The molecule has 1 aliphatic carbocycles. The predicted molar refractivity (Wildman–Crippen MR) is 119 cm³/mol. The molecule has 35 heavy (non-hydrogen) atoms. The average molecular weight is 490 g/mol. The van der Waals surface area contributed by atoms with Crippen LogP contribution in [-0.2, 0) is 17.8 Å². The summed E-state index contributed by atoms with van der Waals surface area (Å²) in [6.07, 6.45) is -3.43. The van der Waals surface area contributed by atoms with Crippen molar-refractivity contribution in [2.75, 3.05) is 7.11 Å². The molecule has 0 fully saturated rings. The molecule has 0 saturated carbocycles. The maximum Gasteiger partial charge on any atom is 0.573 e. The van der Waals surface area contributed by atoms with E-state index in [0.29, 0.717) is 11.3 Å². The van der Waals surface area contributed by atoms with Crippen molar-refractivity contribution in [3.8, 4) is 28.4 Å². The third kappa shape index (κ3) is 5.85. The van der Waals surface area contributed by atoms with Gasteiger partial charge >= 0.3 is 12.3 Å². The number of halogens is 4. The molecule has 1 N–H and O–H groups in total. The third-order valence-electron chi connectivity index (χ3n) is 5.88. The lowest BCUT2D eigenvalue weighted by molar-refractivity contribution is -0.274. The fourth-order valence-electron chi connectivity index (χ4n) is 4.27. The van der Waals surface area contributed by atoms with Gasteiger partial charge in [-0.05, 0) is 71.8 Å². The van der Waals surface area contributed by atoms with E-state index in [4.69, 9.17) is 14.6 Å². The second-order valence-electron chi connectivity index (χ2n) is 8.21. The lowest BCUT2D eigenvalue weighted by Gasteiger charge is -2.16. The van der Waals surface area contributed by atoms with Gasteiger partial charge in [0.25, 0.3) is 0 Å². The van der Waals surface area contributed by atoms with Crippen molar-refractivity contribution < 1.29 is 41.7 Å². The zero-order valence-corrected chi connectivity index (χ0v) is 18.7. The van der Waals surface area contributed by atoms with Crippen LogP contribution in [0, 0.1) is 5.82 Å². The van der Waals surface area contributed by atoms with Gasteiger partial charge in [-0.3, -0.25) is 4.79 Å². The Labute approximate surface area is 198 Å². The number of alkyl halides is 3. The van der Waals surface area contributed by atoms with E-state index in [9.17, 15) is 22.4 Å². The molecule has 0 saturated heterocycles. The molecule has 0 unspecified atom stereocenters. The van der Waals surface area contributed by atoms with Crippen LogP contribution in [0.15, 0.2) is 54.6 Å². The molecule has 3 aromatic carbocycles. The van der Waals surface area contributed by atoms with Crippen molar-refractivity contribution in [2.24, 2.45) is 0 Å². The average Bonchev–Trinajstić information content (AvgIpc) is 3.19. The summed E-state index contributed by atoms with van der Waals surface area (Å²) in [5.41, 5.74) is 2.17. The molecule has 0 amide bonds. The van der Waals surface area contributed by atoms with Crippen LogP contribution in [0.5, 0.6) is 17.2 Å². The monoisotopic (exact) mass is 490 g/mol. The van der Waals surface area contributed by atoms with E-state index < -0.39 is 23.9 Å². The third-order valence-corrected chi connectivity index (χ3v) is 5.88. The first-order valence-corrected chi connectivity index (χ1v) is 10.8. The fraction of sp³-hybridized carbons (Fsp3) is 0.269. The molecular formula is C26H22F4O5. The van der Waals surface area contributed by atoms with Crippen LogP contribution in [0.2, 0.25) is 0 Å². The lowest BCUT2D eigenvalue weighted by Crippen LogP contribution is -2.18. The highest BCUT2D eigenvalue weighted by Crippen LogP contribution is 2.39. The second kappa shape index (κ2) is 9.85. The number of benzene rings is 3. The van der Waals surface area contributed by atoms with Crippen LogP contribution in [0.25, 0.3) is 11.1 Å². The molecule has 1 aliphatic rings. The summed E-state index contributed by atoms with van der Waals surface area (Å²) in [6, 6.07) is 13.2. The summed E-state index contributed by atoms with van der Waals surface area (Å²) in [6.45, 7) is -0.0720. The summed E-state index contributed by atoms with van der Waals surface area (Å²) in [7, 11) is 1.37. The van der Waals surface area contributed by atoms with E-state index in [1.165, 1.54) is 31.4 Å². The number of aryl methyl sites for hydroxylation is 1. The van der Waals surface area contributed by atoms with Gasteiger partial charge in [0.15, 0.2) is 0 Å². The van der Waals surface area contributed by atoms with E-state index in [2.05, 4.69) is 4.74 Å². The summed E-state index contributed by atoms with van der Waals surface area (Å²) < 4.78 is 68.8. The number of ether oxygens (including phenoxy) is 3. The van der Waals surface area contributed by atoms with E-state index in [1.54, 1.807) is 12.1 Å². The Morgan fingerprint density at radius 2 is 1.80 bits per heavy atom. The highest BCUT2D eigenvalue weighted by Gasteiger charge is 2.33. The number of aliphatic carboxylic acids is 1. The van der Waals surface area contributed by atoms with Crippen LogP contribution in [0.3, 0.4) is 0 Å². The summed E-state index contributed by atoms with van der Waals surface area (Å²) in [4.78, 5) is 11.1. The molecule has 1 atom stereocenters. The van der Waals surface area contributed by atoms with Crippen molar-refractivity contribution >= 4 is 5.97 Å². The Balaban J connectivity index is 1.59. The number of hydrogen-bond acceptors (Lipinski definition) is 4. The minimum Gasteiger partial charge on any atom is -0.497 e. The van der Waals surface area contributed by atoms with E-state index in [1.807, 2.05) is 6.07 Å². The van der Waals surface area contributed by atoms with Gasteiger partial charge < -0.3 is 19.3 Å². The van der Waals surface area contributed by atoms with E-state index in [0.717, 1.165) is 36.1 Å². The Morgan fingerprint density at radius 3 is 2.51 bits per heavy atom. The van der Waals surface area contributed by atoms with Crippen LogP contribution in [-0.4, -0.2) is 24.5 Å². The van der Waals surface area contributed by atoms with Gasteiger partial charge in [-0.25, -0.2) is 4.39 Å². The predicted octanol–water partition coefficient (Wildman–Crippen LogP) is 6.48. The zero-order valence-electron chi connectivity index (χ0n) is 18.7. The first-order valence-electron chi connectivity index (χ1n) is 10.8. The normalized spacial score (nSPS) is 14.9. The maximum atomic E-state index is 14.4. The van der Waals surface area contributed by atoms with E-state index >= 15 is 0 Å². The van der Waals surface area contributed by atoms with Crippen LogP contribution < -0.4 is 14.2 Å². The van der Waals surface area contributed by atoms with Crippen molar-refractivity contribution in [2.45, 2.75) is 38.1 Å². The number of methoxy groups -OCH3 is 1. The Bertz CT molecular complexity index is 1240. The standard InChI is InChI=1S/C26H22F4O5/c1-33-18-7-9-23(27)22(12-18)20-8-2-15(10-24(20)35-26(28,29)30)14-34-19-6-5-16-3-4-17(11-25(31)32)21(16)13-19/h2,5-10,12-13,17H,3-4,11,14H2,1H3,(H,31,32)/t17-/m1/s1. The highest BCUT2D eigenvalue weighted by molar-refractivity contribution is 5.73. The molecule has 0 aromatic heterocycles. The number of carbonyl (C=O) groups is 1. The number of carboxylic acid groups (broad SMARTS) is 1. The van der Waals surface area contributed by atoms with Gasteiger partial charge in [0, 0.05) is 11.1 Å². The minimum absolute atomic E-state index is 0.0247. The number of carboxylic acids is 1. The van der Waals surface area contributed by atoms with Gasteiger partial charge in [0.1, 0.15) is 29.7 Å². The van der Waals surface area contributed by atoms with Crippen LogP contribution in [0.4, 0.5) is 17.6 Å². The molecule has 184 valence electrons. The second-order valence-corrected chi connectivity index (χ2v) is 8.21. The van der Waals surface area contributed by atoms with Crippen LogP contribution >= 0.6 is 0 Å². The quantitative estimate of drug-likeness (QED) is 0.366. The van der Waals surface area contributed by atoms with Gasteiger partial charge in [-0.1, -0.05) is 18.2 Å². The molecule has 5 nitrogen and oxygen atoms in total. The van der Waals surface area contributed by atoms with E-state index in [-0.39, 0.29) is 35.8 Å². The molecule has 3 aromatic rings. The number of hydrogen-bond donors (Lipinski definition) is 1. The molecule has 0 aliphatic heterocycles. The summed E-state index contributed by atoms with van der Waals surface area (Å²) in [5.74, 6) is -1.52. The largest absolute Gasteiger partial charge is 0.573 e. The Morgan fingerprint density at radius 1 is 1.03 bits per heavy atom. The van der Waals surface area contributed by atoms with Crippen molar-refractivity contribution in [1.29, 1.82) is 0 Å². The molecular weight excluding hydrogens is 468 g/mol. The smallest absolute Gasteiger partial charge is 0.497 e. The SMILES string of the molecule is COc1ccc(F)c(-c2ccc(COc3ccc4c(c3)[C@@H](CC(=O)O)CC4)cc2OC(F)(F)F)c1. The maximum absolute atomic E-state index is 14.4. The fourth-order valence-corrected chi connectivity index (χ4v) is 4.27. The number of rotatable bonds is 8. The Kier molecular flexibility index (Phi) is 6.86. The zero-order chi connectivity index (χ0) is 25.2. The van der Waals surface area contributed by atoms with Crippen molar-refractivity contribution in [3.63, 3.8) is 0 Å². The van der Waals surface area contributed by atoms with Crippen molar-refractivity contribution in [1.82, 2.24) is 0 Å². The van der Waals surface area contributed by atoms with Gasteiger partial charge in [0.05, 0.1) is 13.5 Å². The molecule has 0 bridgehead atoms. The highest BCUT2D eigenvalue weighted by atomic mass is 19.4. The molecule has 0 radical (unpaired) electrons. The molecule has 9 heteroatoms. The number of fused-ring (bicyclic) bond motifs is 1. The minimum atomic E-state index is -4.98. The summed E-state index contributed by atoms with van der Waals surface area (Å²) >= 11 is 0. The lowest BCUT2D eigenvalue weighted by atomic mass is 9.98.